The van der Waals surface area contributed by atoms with Crippen LogP contribution in [0.15, 0.2) is 24.3 Å². The maximum Gasteiger partial charge on any atom is 0.253 e. The Bertz CT molecular complexity index is 1050. The van der Waals surface area contributed by atoms with E-state index in [0.717, 1.165) is 24.8 Å². The molecular formula is C25H32N6O3. The Kier molecular flexibility index (Phi) is 5.61. The van der Waals surface area contributed by atoms with Gasteiger partial charge in [0.2, 0.25) is 11.8 Å². The van der Waals surface area contributed by atoms with Crippen LogP contribution in [0.25, 0.3) is 0 Å². The summed E-state index contributed by atoms with van der Waals surface area (Å²) in [4.78, 5) is 45.6. The highest BCUT2D eigenvalue weighted by Gasteiger charge is 2.56. The number of benzene rings is 1. The van der Waals surface area contributed by atoms with Crippen molar-refractivity contribution in [3.8, 4) is 6.07 Å². The van der Waals surface area contributed by atoms with Crippen LogP contribution in [0, 0.1) is 17.2 Å². The summed E-state index contributed by atoms with van der Waals surface area (Å²) < 4.78 is 0. The summed E-state index contributed by atoms with van der Waals surface area (Å²) in [5, 5.41) is 9.39. The lowest BCUT2D eigenvalue weighted by Gasteiger charge is -2.38. The number of amides is 3. The number of nitrogens with two attached hydrogens (primary N) is 1. The third-order valence-corrected chi connectivity index (χ3v) is 8.03. The standard InChI is InChI=1S/C25H32N6O3/c1-14(15-4-6-16(7-5-15)23(32)28(2)3)30-19-10-22(25(30)34)29(12-19)13-20(27)24(33)31-18(11-26)8-17-9-21(17)31/h4-7,14,17-22H,8-10,12-13,27H2,1-3H3/t14-,17-,18+,19+,20+,21+,22+/m1/s1. The summed E-state index contributed by atoms with van der Waals surface area (Å²) in [6.07, 6.45) is 2.46. The lowest BCUT2D eigenvalue weighted by molar-refractivity contribution is -0.141. The summed E-state index contributed by atoms with van der Waals surface area (Å²) in [7, 11) is 3.44. The first kappa shape index (κ1) is 22.8. The molecule has 1 saturated carbocycles. The molecule has 0 unspecified atom stereocenters. The lowest BCUT2D eigenvalue weighted by atomic mass is 10.0. The summed E-state index contributed by atoms with van der Waals surface area (Å²) in [5.41, 5.74) is 7.91. The number of nitriles is 1. The number of likely N-dealkylation sites (tertiary alicyclic amines) is 3. The van der Waals surface area contributed by atoms with Gasteiger partial charge in [0, 0.05) is 44.8 Å². The largest absolute Gasteiger partial charge is 0.345 e. The van der Waals surface area contributed by atoms with Crippen molar-refractivity contribution in [2.45, 2.75) is 62.4 Å². The Labute approximate surface area is 200 Å². The van der Waals surface area contributed by atoms with E-state index in [-0.39, 0.29) is 47.9 Å². The molecule has 1 aromatic rings. The highest BCUT2D eigenvalue weighted by Crippen LogP contribution is 2.48. The van der Waals surface area contributed by atoms with Crippen molar-refractivity contribution in [1.82, 2.24) is 19.6 Å². The first-order valence-corrected chi connectivity index (χ1v) is 12.1. The maximum absolute atomic E-state index is 13.3. The zero-order valence-corrected chi connectivity index (χ0v) is 19.9. The van der Waals surface area contributed by atoms with Gasteiger partial charge in [-0.1, -0.05) is 12.1 Å². The van der Waals surface area contributed by atoms with Crippen LogP contribution in [-0.2, 0) is 9.59 Å². The second-order valence-electron chi connectivity index (χ2n) is 10.4. The van der Waals surface area contributed by atoms with Crippen LogP contribution < -0.4 is 5.73 Å². The summed E-state index contributed by atoms with van der Waals surface area (Å²) in [5.74, 6) is 0.305. The van der Waals surface area contributed by atoms with Crippen LogP contribution in [-0.4, -0.2) is 94.7 Å². The van der Waals surface area contributed by atoms with E-state index < -0.39 is 6.04 Å². The molecule has 3 amide bonds. The Morgan fingerprint density at radius 3 is 2.53 bits per heavy atom. The van der Waals surface area contributed by atoms with E-state index in [1.807, 2.05) is 28.9 Å². The Balaban J connectivity index is 1.21. The van der Waals surface area contributed by atoms with Gasteiger partial charge in [-0.2, -0.15) is 5.26 Å². The number of fused-ring (bicyclic) bond motifs is 3. The van der Waals surface area contributed by atoms with Crippen LogP contribution in [0.1, 0.15) is 48.1 Å². The molecule has 4 aliphatic rings. The fourth-order valence-electron chi connectivity index (χ4n) is 6.13. The highest BCUT2D eigenvalue weighted by atomic mass is 16.2. The smallest absolute Gasteiger partial charge is 0.253 e. The third kappa shape index (κ3) is 3.65. The number of rotatable bonds is 6. The maximum atomic E-state index is 13.3. The number of nitrogens with zero attached hydrogens (tertiary/aromatic N) is 5. The average Bonchev–Trinajstić information content (AvgIpc) is 3.15. The van der Waals surface area contributed by atoms with E-state index in [9.17, 15) is 19.6 Å². The molecule has 7 atom stereocenters. The molecule has 3 heterocycles. The number of piperidine rings is 1. The summed E-state index contributed by atoms with van der Waals surface area (Å²) in [6.45, 7) is 3.04. The van der Waals surface area contributed by atoms with E-state index in [0.29, 0.717) is 24.6 Å². The number of piperazine rings is 1. The van der Waals surface area contributed by atoms with Gasteiger partial charge in [0.25, 0.3) is 5.91 Å². The molecule has 0 radical (unpaired) electrons. The second-order valence-corrected chi connectivity index (χ2v) is 10.4. The molecule has 0 aromatic heterocycles. The molecule has 4 fully saturated rings. The Morgan fingerprint density at radius 2 is 1.91 bits per heavy atom. The number of hydrogen-bond donors (Lipinski definition) is 1. The van der Waals surface area contributed by atoms with Crippen molar-refractivity contribution in [2.75, 3.05) is 27.2 Å². The van der Waals surface area contributed by atoms with Crippen LogP contribution in [0.5, 0.6) is 0 Å². The zero-order valence-electron chi connectivity index (χ0n) is 19.9. The molecule has 180 valence electrons. The van der Waals surface area contributed by atoms with E-state index in [1.165, 1.54) is 0 Å². The predicted molar refractivity (Wildman–Crippen MR) is 124 cm³/mol. The van der Waals surface area contributed by atoms with Gasteiger partial charge in [-0.05, 0) is 49.8 Å². The van der Waals surface area contributed by atoms with Gasteiger partial charge in [-0.25, -0.2) is 0 Å². The molecule has 3 saturated heterocycles. The first-order chi connectivity index (χ1) is 16.2. The van der Waals surface area contributed by atoms with Gasteiger partial charge >= 0.3 is 0 Å². The van der Waals surface area contributed by atoms with Crippen LogP contribution >= 0.6 is 0 Å². The zero-order chi connectivity index (χ0) is 24.3. The fourth-order valence-corrected chi connectivity index (χ4v) is 6.13. The molecule has 0 spiro atoms. The van der Waals surface area contributed by atoms with E-state index >= 15 is 0 Å². The predicted octanol–water partition coefficient (Wildman–Crippen LogP) is 0.575. The van der Waals surface area contributed by atoms with Gasteiger partial charge in [0.15, 0.2) is 0 Å². The quantitative estimate of drug-likeness (QED) is 0.659. The number of carbonyl (C=O) groups is 3. The Hall–Kier alpha value is -2.96. The molecular weight excluding hydrogens is 432 g/mol. The van der Waals surface area contributed by atoms with Crippen LogP contribution in [0.3, 0.4) is 0 Å². The van der Waals surface area contributed by atoms with E-state index in [2.05, 4.69) is 6.07 Å². The van der Waals surface area contributed by atoms with Crippen molar-refractivity contribution >= 4 is 17.7 Å². The topological polar surface area (TPSA) is 114 Å². The van der Waals surface area contributed by atoms with Gasteiger partial charge in [0.05, 0.1) is 24.2 Å². The molecule has 1 aliphatic carbocycles. The van der Waals surface area contributed by atoms with Gasteiger partial charge in [0.1, 0.15) is 6.04 Å². The van der Waals surface area contributed by atoms with E-state index in [4.69, 9.17) is 5.73 Å². The summed E-state index contributed by atoms with van der Waals surface area (Å²) in [6, 6.07) is 8.48. The minimum atomic E-state index is -0.727. The molecule has 2 bridgehead atoms. The third-order valence-electron chi connectivity index (χ3n) is 8.03. The molecule has 1 aromatic carbocycles. The van der Waals surface area contributed by atoms with Crippen LogP contribution in [0.4, 0.5) is 0 Å². The van der Waals surface area contributed by atoms with Gasteiger partial charge in [-0.3, -0.25) is 19.3 Å². The highest BCUT2D eigenvalue weighted by molar-refractivity contribution is 5.94. The SMILES string of the molecule is C[C@H](c1ccc(C(=O)N(C)C)cc1)N1C(=O)[C@@H]2C[C@H]1CN2C[C@H](N)C(=O)N1[C@H](C#N)C[C@@H]2C[C@@H]21. The average molecular weight is 465 g/mol. The molecule has 34 heavy (non-hydrogen) atoms. The second kappa shape index (κ2) is 8.36. The molecule has 2 N–H and O–H groups in total. The van der Waals surface area contributed by atoms with Crippen molar-refractivity contribution in [3.63, 3.8) is 0 Å². The minimum Gasteiger partial charge on any atom is -0.345 e. The van der Waals surface area contributed by atoms with Crippen molar-refractivity contribution in [1.29, 1.82) is 5.26 Å². The first-order valence-electron chi connectivity index (χ1n) is 12.1. The van der Waals surface area contributed by atoms with Crippen molar-refractivity contribution in [2.24, 2.45) is 11.7 Å². The van der Waals surface area contributed by atoms with Gasteiger partial charge in [-0.15, -0.1) is 0 Å². The molecule has 9 heteroatoms. The fraction of sp³-hybridized carbons (Fsp3) is 0.600. The lowest BCUT2D eigenvalue weighted by Crippen LogP contribution is -2.57. The normalized spacial score (nSPS) is 31.3. The Morgan fingerprint density at radius 1 is 1.21 bits per heavy atom. The molecule has 3 aliphatic heterocycles. The van der Waals surface area contributed by atoms with Crippen LogP contribution in [0.2, 0.25) is 0 Å². The molecule has 5 rings (SSSR count). The monoisotopic (exact) mass is 464 g/mol. The summed E-state index contributed by atoms with van der Waals surface area (Å²) >= 11 is 0. The van der Waals surface area contributed by atoms with Gasteiger partial charge < -0.3 is 20.4 Å². The van der Waals surface area contributed by atoms with Crippen molar-refractivity contribution < 1.29 is 14.4 Å². The minimum absolute atomic E-state index is 0.0516. The van der Waals surface area contributed by atoms with E-state index in [1.54, 1.807) is 36.0 Å². The van der Waals surface area contributed by atoms with Crippen molar-refractivity contribution in [3.05, 3.63) is 35.4 Å². The number of hydrogen-bond acceptors (Lipinski definition) is 6. The number of carbonyl (C=O) groups excluding carboxylic acids is 3. The molecule has 9 nitrogen and oxygen atoms in total.